The summed E-state index contributed by atoms with van der Waals surface area (Å²) in [4.78, 5) is 11.9. The van der Waals surface area contributed by atoms with Crippen LogP contribution >= 0.6 is 0 Å². The van der Waals surface area contributed by atoms with Crippen LogP contribution in [0, 0.1) is 18.6 Å². The van der Waals surface area contributed by atoms with Crippen molar-refractivity contribution in [2.75, 3.05) is 7.11 Å². The van der Waals surface area contributed by atoms with E-state index in [0.717, 1.165) is 17.5 Å². The average molecular weight is 501 g/mol. The fourth-order valence-electron chi connectivity index (χ4n) is 3.72. The molecule has 0 bridgehead atoms. The van der Waals surface area contributed by atoms with Gasteiger partial charge >= 0.3 is 0 Å². The third-order valence-electron chi connectivity index (χ3n) is 5.27. The molecule has 0 fully saturated rings. The maximum Gasteiger partial charge on any atom is 0.240 e. The van der Waals surface area contributed by atoms with Crippen molar-refractivity contribution in [1.82, 2.24) is 15.0 Å². The van der Waals surface area contributed by atoms with E-state index in [1.165, 1.54) is 25.7 Å². The predicted octanol–water partition coefficient (Wildman–Crippen LogP) is 4.39. The zero-order chi connectivity index (χ0) is 25.5. The van der Waals surface area contributed by atoms with Gasteiger partial charge in [0.25, 0.3) is 0 Å². The molecule has 2 N–H and O–H groups in total. The molecular formula is C24H22F2N4O4S. The van der Waals surface area contributed by atoms with Gasteiger partial charge in [-0.05, 0) is 56.7 Å². The van der Waals surface area contributed by atoms with Crippen LogP contribution in [0.5, 0.6) is 11.6 Å². The van der Waals surface area contributed by atoms with E-state index in [9.17, 15) is 12.8 Å². The molecule has 4 aromatic rings. The molecule has 0 aliphatic carbocycles. The number of benzene rings is 2. The van der Waals surface area contributed by atoms with E-state index in [2.05, 4.69) is 15.0 Å². The van der Waals surface area contributed by atoms with E-state index in [0.29, 0.717) is 28.1 Å². The number of fused-ring (bicyclic) bond motifs is 1. The molecule has 0 aliphatic heterocycles. The smallest absolute Gasteiger partial charge is 0.240 e. The number of nitrogens with zero attached hydrogens (tertiary/aromatic N) is 3. The summed E-state index contributed by atoms with van der Waals surface area (Å²) in [5, 5.41) is 5.83. The van der Waals surface area contributed by atoms with Gasteiger partial charge in [-0.25, -0.2) is 37.3 Å². The monoisotopic (exact) mass is 500 g/mol. The third kappa shape index (κ3) is 4.64. The van der Waals surface area contributed by atoms with Gasteiger partial charge in [-0.3, -0.25) is 0 Å². The Morgan fingerprint density at radius 3 is 2.43 bits per heavy atom. The van der Waals surface area contributed by atoms with Crippen molar-refractivity contribution in [3.05, 3.63) is 60.2 Å². The first-order valence-electron chi connectivity index (χ1n) is 10.5. The van der Waals surface area contributed by atoms with Crippen LogP contribution in [0.1, 0.15) is 19.5 Å². The lowest BCUT2D eigenvalue weighted by atomic mass is 9.99. The number of aromatic nitrogens is 3. The summed E-state index contributed by atoms with van der Waals surface area (Å²) >= 11 is 0. The van der Waals surface area contributed by atoms with Crippen molar-refractivity contribution < 1.29 is 26.7 Å². The Morgan fingerprint density at radius 2 is 1.77 bits per heavy atom. The first kappa shape index (κ1) is 24.4. The molecule has 2 heterocycles. The van der Waals surface area contributed by atoms with Gasteiger partial charge in [-0.2, -0.15) is 0 Å². The summed E-state index contributed by atoms with van der Waals surface area (Å²) in [6.45, 7) is 5.58. The molecule has 0 atom stereocenters. The Kier molecular flexibility index (Phi) is 6.39. The van der Waals surface area contributed by atoms with E-state index in [-0.39, 0.29) is 17.5 Å². The number of halogens is 2. The van der Waals surface area contributed by atoms with Gasteiger partial charge in [-0.15, -0.1) is 0 Å². The van der Waals surface area contributed by atoms with Gasteiger partial charge in [0.2, 0.25) is 15.9 Å². The summed E-state index contributed by atoms with van der Waals surface area (Å²) in [5.41, 5.74) is 1.71. The van der Waals surface area contributed by atoms with Gasteiger partial charge < -0.3 is 9.47 Å². The Hall–Kier alpha value is -3.70. The van der Waals surface area contributed by atoms with Crippen LogP contribution in [-0.2, 0) is 10.0 Å². The second-order valence-corrected chi connectivity index (χ2v) is 9.59. The first-order chi connectivity index (χ1) is 16.5. The van der Waals surface area contributed by atoms with Crippen LogP contribution in [0.25, 0.3) is 33.2 Å². The van der Waals surface area contributed by atoms with Gasteiger partial charge in [0.15, 0.2) is 5.82 Å². The Labute approximate surface area is 200 Å². The number of hydrogen-bond donors (Lipinski definition) is 1. The zero-order valence-corrected chi connectivity index (χ0v) is 20.2. The lowest BCUT2D eigenvalue weighted by Crippen LogP contribution is -2.15. The van der Waals surface area contributed by atoms with Crippen molar-refractivity contribution in [3.63, 3.8) is 0 Å². The highest BCUT2D eigenvalue weighted by Gasteiger charge is 2.25. The molecule has 0 unspecified atom stereocenters. The van der Waals surface area contributed by atoms with Crippen LogP contribution in [0.3, 0.4) is 0 Å². The maximum atomic E-state index is 15.2. The predicted molar refractivity (Wildman–Crippen MR) is 127 cm³/mol. The fourth-order valence-corrected chi connectivity index (χ4v) is 4.33. The minimum absolute atomic E-state index is 0.0852. The molecule has 11 heteroatoms. The summed E-state index contributed by atoms with van der Waals surface area (Å²) in [5.74, 6) is -1.93. The number of methoxy groups -OCH3 is 1. The highest BCUT2D eigenvalue weighted by Crippen LogP contribution is 2.39. The molecule has 0 saturated heterocycles. The number of ether oxygens (including phenoxy) is 2. The van der Waals surface area contributed by atoms with E-state index in [4.69, 9.17) is 14.6 Å². The van der Waals surface area contributed by atoms with Crippen LogP contribution in [0.15, 0.2) is 47.8 Å². The Bertz CT molecular complexity index is 1560. The molecule has 4 rings (SSSR count). The van der Waals surface area contributed by atoms with Crippen molar-refractivity contribution in [2.24, 2.45) is 5.14 Å². The number of rotatable bonds is 6. The van der Waals surface area contributed by atoms with Gasteiger partial charge in [-0.1, -0.05) is 0 Å². The third-order valence-corrected chi connectivity index (χ3v) is 6.20. The standard InChI is InChI=1S/C24H22F2N4O4S/c1-12(2)34-19-9-14(7-16-13(3)29-11-30-23(16)19)15-8-17(24(33-4)28-10-15)21-18(25)5-6-20(22(21)26)35(27,31)32/h5-12H,1-4H3,(H2,27,31,32). The van der Waals surface area contributed by atoms with Gasteiger partial charge in [0, 0.05) is 22.8 Å². The van der Waals surface area contributed by atoms with Crippen molar-refractivity contribution >= 4 is 20.9 Å². The molecule has 0 spiro atoms. The summed E-state index contributed by atoms with van der Waals surface area (Å²) in [6.07, 6.45) is 2.78. The van der Waals surface area contributed by atoms with Crippen LogP contribution in [0.2, 0.25) is 0 Å². The first-order valence-corrected chi connectivity index (χ1v) is 12.0. The van der Waals surface area contributed by atoms with Crippen LogP contribution in [-0.4, -0.2) is 36.6 Å². The quantitative estimate of drug-likeness (QED) is 0.417. The van der Waals surface area contributed by atoms with Crippen LogP contribution in [0.4, 0.5) is 8.78 Å². The molecule has 8 nitrogen and oxygen atoms in total. The zero-order valence-electron chi connectivity index (χ0n) is 19.3. The fraction of sp³-hybridized carbons (Fsp3) is 0.208. The van der Waals surface area contributed by atoms with E-state index < -0.39 is 32.1 Å². The number of pyridine rings is 1. The van der Waals surface area contributed by atoms with E-state index in [1.54, 1.807) is 6.07 Å². The molecule has 2 aromatic heterocycles. The SMILES string of the molecule is COc1ncc(-c2cc(OC(C)C)c3ncnc(C)c3c2)cc1-c1c(F)ccc(S(N)(=O)=O)c1F. The molecular weight excluding hydrogens is 478 g/mol. The minimum atomic E-state index is -4.44. The van der Waals surface area contributed by atoms with Crippen molar-refractivity contribution in [1.29, 1.82) is 0 Å². The summed E-state index contributed by atoms with van der Waals surface area (Å²) in [6, 6.07) is 6.62. The summed E-state index contributed by atoms with van der Waals surface area (Å²) in [7, 11) is -3.15. The normalized spacial score (nSPS) is 11.8. The van der Waals surface area contributed by atoms with Crippen molar-refractivity contribution in [3.8, 4) is 33.9 Å². The summed E-state index contributed by atoms with van der Waals surface area (Å²) < 4.78 is 64.9. The highest BCUT2D eigenvalue weighted by molar-refractivity contribution is 7.89. The number of sulfonamides is 1. The molecule has 182 valence electrons. The number of primary sulfonamides is 1. The maximum absolute atomic E-state index is 15.2. The molecule has 2 aromatic carbocycles. The lowest BCUT2D eigenvalue weighted by molar-refractivity contribution is 0.245. The molecule has 0 radical (unpaired) electrons. The Morgan fingerprint density at radius 1 is 1.03 bits per heavy atom. The lowest BCUT2D eigenvalue weighted by Gasteiger charge is -2.16. The van der Waals surface area contributed by atoms with Gasteiger partial charge in [0.1, 0.15) is 28.3 Å². The minimum Gasteiger partial charge on any atom is -0.489 e. The molecule has 0 aliphatic rings. The number of hydrogen-bond acceptors (Lipinski definition) is 7. The van der Waals surface area contributed by atoms with Crippen LogP contribution < -0.4 is 14.6 Å². The highest BCUT2D eigenvalue weighted by atomic mass is 32.2. The van der Waals surface area contributed by atoms with E-state index in [1.807, 2.05) is 26.8 Å². The van der Waals surface area contributed by atoms with E-state index >= 15 is 4.39 Å². The topological polar surface area (TPSA) is 117 Å². The number of nitrogens with two attached hydrogens (primary N) is 1. The molecule has 35 heavy (non-hydrogen) atoms. The Balaban J connectivity index is 1.99. The number of aryl methyl sites for hydroxylation is 1. The molecule has 0 amide bonds. The second kappa shape index (κ2) is 9.16. The molecule has 0 saturated carbocycles. The van der Waals surface area contributed by atoms with Crippen molar-refractivity contribution in [2.45, 2.75) is 31.8 Å². The van der Waals surface area contributed by atoms with Gasteiger partial charge in [0.05, 0.1) is 24.3 Å². The second-order valence-electron chi connectivity index (χ2n) is 8.06. The largest absolute Gasteiger partial charge is 0.489 e. The average Bonchev–Trinajstić information content (AvgIpc) is 2.78.